The van der Waals surface area contributed by atoms with E-state index in [1.165, 1.54) is 4.90 Å². The molecule has 5 heteroatoms. The van der Waals surface area contributed by atoms with Gasteiger partial charge in [0, 0.05) is 0 Å². The van der Waals surface area contributed by atoms with E-state index in [1.807, 2.05) is 6.07 Å². The first-order chi connectivity index (χ1) is 6.70. The lowest BCUT2D eigenvalue weighted by molar-refractivity contribution is -0.126. The summed E-state index contributed by atoms with van der Waals surface area (Å²) >= 11 is 0. The SMILES string of the molecule is N#CCN1C(=O)NC(=O)C12CCCC2. The van der Waals surface area contributed by atoms with E-state index in [4.69, 9.17) is 5.26 Å². The van der Waals surface area contributed by atoms with Crippen molar-refractivity contribution >= 4 is 11.9 Å². The van der Waals surface area contributed by atoms with E-state index in [9.17, 15) is 9.59 Å². The predicted molar refractivity (Wildman–Crippen MR) is 47.1 cm³/mol. The summed E-state index contributed by atoms with van der Waals surface area (Å²) in [6.45, 7) is -0.00241. The highest BCUT2D eigenvalue weighted by Crippen LogP contribution is 2.38. The van der Waals surface area contributed by atoms with Crippen molar-refractivity contribution in [3.63, 3.8) is 0 Å². The predicted octanol–water partition coefficient (Wildman–Crippen LogP) is 0.375. The molecule has 1 spiro atoms. The Labute approximate surface area is 81.7 Å². The lowest BCUT2D eigenvalue weighted by Gasteiger charge is -2.28. The summed E-state index contributed by atoms with van der Waals surface area (Å²) < 4.78 is 0. The topological polar surface area (TPSA) is 73.2 Å². The summed E-state index contributed by atoms with van der Waals surface area (Å²) in [6, 6.07) is 1.51. The lowest BCUT2D eigenvalue weighted by atomic mass is 9.96. The molecule has 0 unspecified atom stereocenters. The molecule has 1 saturated carbocycles. The second-order valence-corrected chi connectivity index (χ2v) is 3.74. The van der Waals surface area contributed by atoms with Gasteiger partial charge in [0.05, 0.1) is 6.07 Å². The summed E-state index contributed by atoms with van der Waals surface area (Å²) in [6.07, 6.45) is 3.27. The Hall–Kier alpha value is -1.57. The van der Waals surface area contributed by atoms with Gasteiger partial charge < -0.3 is 0 Å². The molecule has 74 valence electrons. The number of nitrogens with one attached hydrogen (secondary N) is 1. The summed E-state index contributed by atoms with van der Waals surface area (Å²) in [5.74, 6) is -0.227. The van der Waals surface area contributed by atoms with E-state index in [0.29, 0.717) is 12.8 Å². The molecule has 1 aliphatic carbocycles. The van der Waals surface area contributed by atoms with E-state index in [-0.39, 0.29) is 12.5 Å². The second kappa shape index (κ2) is 2.98. The van der Waals surface area contributed by atoms with Crippen molar-refractivity contribution in [2.75, 3.05) is 6.54 Å². The number of hydrogen-bond acceptors (Lipinski definition) is 3. The van der Waals surface area contributed by atoms with Crippen LogP contribution in [0, 0.1) is 11.3 Å². The number of imide groups is 1. The molecule has 0 aromatic carbocycles. The Morgan fingerprint density at radius 2 is 2.07 bits per heavy atom. The smallest absolute Gasteiger partial charge is 0.296 e. The van der Waals surface area contributed by atoms with Crippen LogP contribution in [0.4, 0.5) is 4.79 Å². The van der Waals surface area contributed by atoms with Gasteiger partial charge >= 0.3 is 6.03 Å². The maximum atomic E-state index is 11.6. The number of carbonyl (C=O) groups excluding carboxylic acids is 2. The van der Waals surface area contributed by atoms with E-state index in [2.05, 4.69) is 5.32 Å². The standard InChI is InChI=1S/C9H11N3O2/c10-5-6-12-8(14)11-7(13)9(12)3-1-2-4-9/h1-4,6H2,(H,11,13,14). The fourth-order valence-corrected chi connectivity index (χ4v) is 2.35. The maximum Gasteiger partial charge on any atom is 0.325 e. The van der Waals surface area contributed by atoms with E-state index in [1.54, 1.807) is 0 Å². The zero-order valence-corrected chi connectivity index (χ0v) is 7.75. The molecule has 2 fully saturated rings. The fraction of sp³-hybridized carbons (Fsp3) is 0.667. The molecule has 0 aromatic rings. The first kappa shape index (κ1) is 9.00. The van der Waals surface area contributed by atoms with Crippen LogP contribution in [0.5, 0.6) is 0 Å². The molecule has 1 aliphatic heterocycles. The number of urea groups is 1. The Morgan fingerprint density at radius 1 is 1.43 bits per heavy atom. The van der Waals surface area contributed by atoms with Gasteiger partial charge in [0.2, 0.25) is 0 Å². The second-order valence-electron chi connectivity index (χ2n) is 3.74. The Bertz CT molecular complexity index is 325. The summed E-state index contributed by atoms with van der Waals surface area (Å²) in [5, 5.41) is 10.9. The van der Waals surface area contributed by atoms with Gasteiger partial charge in [-0.25, -0.2) is 4.79 Å². The van der Waals surface area contributed by atoms with Gasteiger partial charge in [0.1, 0.15) is 12.1 Å². The molecular formula is C9H11N3O2. The summed E-state index contributed by atoms with van der Waals surface area (Å²) in [5.41, 5.74) is -0.702. The molecule has 5 nitrogen and oxygen atoms in total. The Balaban J connectivity index is 2.32. The van der Waals surface area contributed by atoms with Crippen LogP contribution < -0.4 is 5.32 Å². The zero-order chi connectivity index (χ0) is 10.2. The highest BCUT2D eigenvalue weighted by molar-refractivity contribution is 6.07. The highest BCUT2D eigenvalue weighted by atomic mass is 16.2. The monoisotopic (exact) mass is 193 g/mol. The van der Waals surface area contributed by atoms with Crippen molar-refractivity contribution in [2.45, 2.75) is 31.2 Å². The molecule has 0 radical (unpaired) electrons. The third-order valence-corrected chi connectivity index (χ3v) is 3.06. The molecule has 1 heterocycles. The van der Waals surface area contributed by atoms with Crippen molar-refractivity contribution in [1.29, 1.82) is 5.26 Å². The van der Waals surface area contributed by atoms with Gasteiger partial charge in [-0.15, -0.1) is 0 Å². The third kappa shape index (κ3) is 1.00. The lowest BCUT2D eigenvalue weighted by Crippen LogP contribution is -2.47. The first-order valence-corrected chi connectivity index (χ1v) is 4.71. The minimum Gasteiger partial charge on any atom is -0.296 e. The van der Waals surface area contributed by atoms with Crippen molar-refractivity contribution < 1.29 is 9.59 Å². The Kier molecular flexibility index (Phi) is 1.92. The van der Waals surface area contributed by atoms with Gasteiger partial charge in [0.15, 0.2) is 0 Å². The van der Waals surface area contributed by atoms with Crippen LogP contribution in [-0.2, 0) is 4.79 Å². The zero-order valence-electron chi connectivity index (χ0n) is 7.75. The minimum atomic E-state index is -0.702. The molecule has 3 amide bonds. The van der Waals surface area contributed by atoms with Crippen LogP contribution in [-0.4, -0.2) is 28.9 Å². The van der Waals surface area contributed by atoms with Gasteiger partial charge in [-0.1, -0.05) is 12.8 Å². The highest BCUT2D eigenvalue weighted by Gasteiger charge is 2.53. The number of nitriles is 1. The normalized spacial score (nSPS) is 24.1. The minimum absolute atomic E-state index is 0.00241. The molecule has 0 atom stereocenters. The summed E-state index contributed by atoms with van der Waals surface area (Å²) in [7, 11) is 0. The molecule has 2 aliphatic rings. The van der Waals surface area contributed by atoms with Crippen LogP contribution in [0.1, 0.15) is 25.7 Å². The molecule has 0 aromatic heterocycles. The van der Waals surface area contributed by atoms with Crippen molar-refractivity contribution in [2.24, 2.45) is 0 Å². The molecule has 2 rings (SSSR count). The van der Waals surface area contributed by atoms with Crippen molar-refractivity contribution in [3.05, 3.63) is 0 Å². The van der Waals surface area contributed by atoms with E-state index in [0.717, 1.165) is 12.8 Å². The first-order valence-electron chi connectivity index (χ1n) is 4.71. The van der Waals surface area contributed by atoms with Crippen LogP contribution in [0.3, 0.4) is 0 Å². The summed E-state index contributed by atoms with van der Waals surface area (Å²) in [4.78, 5) is 24.4. The van der Waals surface area contributed by atoms with Crippen molar-refractivity contribution in [1.82, 2.24) is 10.2 Å². The molecule has 0 bridgehead atoms. The average molecular weight is 193 g/mol. The van der Waals surface area contributed by atoms with Crippen LogP contribution >= 0.6 is 0 Å². The van der Waals surface area contributed by atoms with Crippen LogP contribution in [0.15, 0.2) is 0 Å². The van der Waals surface area contributed by atoms with Gasteiger partial charge in [-0.2, -0.15) is 5.26 Å². The van der Waals surface area contributed by atoms with Gasteiger partial charge in [0.25, 0.3) is 5.91 Å². The number of amides is 3. The molecule has 1 saturated heterocycles. The number of rotatable bonds is 1. The maximum absolute atomic E-state index is 11.6. The van der Waals surface area contributed by atoms with Crippen LogP contribution in [0.25, 0.3) is 0 Å². The van der Waals surface area contributed by atoms with Gasteiger partial charge in [-0.05, 0) is 12.8 Å². The largest absolute Gasteiger partial charge is 0.325 e. The number of carbonyl (C=O) groups is 2. The van der Waals surface area contributed by atoms with Gasteiger partial charge in [-0.3, -0.25) is 15.0 Å². The molecule has 14 heavy (non-hydrogen) atoms. The Morgan fingerprint density at radius 3 is 2.64 bits per heavy atom. The van der Waals surface area contributed by atoms with E-state index >= 15 is 0 Å². The number of hydrogen-bond donors (Lipinski definition) is 1. The fourth-order valence-electron chi connectivity index (χ4n) is 2.35. The van der Waals surface area contributed by atoms with Crippen LogP contribution in [0.2, 0.25) is 0 Å². The quantitative estimate of drug-likeness (QED) is 0.483. The van der Waals surface area contributed by atoms with Crippen molar-refractivity contribution in [3.8, 4) is 6.07 Å². The number of nitrogens with zero attached hydrogens (tertiary/aromatic N) is 2. The third-order valence-electron chi connectivity index (χ3n) is 3.06. The van der Waals surface area contributed by atoms with E-state index < -0.39 is 11.6 Å². The molecular weight excluding hydrogens is 182 g/mol. The average Bonchev–Trinajstić information content (AvgIpc) is 2.70. The molecule has 1 N–H and O–H groups in total.